The highest BCUT2D eigenvalue weighted by Crippen LogP contribution is 2.24. The number of benzene rings is 1. The molecule has 25 heavy (non-hydrogen) atoms. The van der Waals surface area contributed by atoms with Gasteiger partial charge in [0.2, 0.25) is 11.8 Å². The van der Waals surface area contributed by atoms with Crippen molar-refractivity contribution < 1.29 is 14.3 Å². The van der Waals surface area contributed by atoms with Crippen LogP contribution in [0.25, 0.3) is 0 Å². The van der Waals surface area contributed by atoms with E-state index in [-0.39, 0.29) is 17.9 Å². The molecule has 0 bridgehead atoms. The van der Waals surface area contributed by atoms with Gasteiger partial charge in [-0.05, 0) is 41.8 Å². The number of aromatic nitrogens is 1. The summed E-state index contributed by atoms with van der Waals surface area (Å²) in [6.07, 6.45) is 4.35. The van der Waals surface area contributed by atoms with Crippen LogP contribution in [0, 0.1) is 0 Å². The minimum Gasteiger partial charge on any atom is -0.497 e. The molecule has 0 fully saturated rings. The molecule has 2 aromatic rings. The van der Waals surface area contributed by atoms with Gasteiger partial charge in [0.15, 0.2) is 0 Å². The van der Waals surface area contributed by atoms with Gasteiger partial charge in [-0.3, -0.25) is 14.6 Å². The SMILES string of the molecule is COc1ccc([C@H](NC(=O)CCCNC(C)=O)c2ccncc2)cc1. The Kier molecular flexibility index (Phi) is 6.95. The molecule has 2 N–H and O–H groups in total. The lowest BCUT2D eigenvalue weighted by molar-refractivity contribution is -0.122. The Morgan fingerprint density at radius 2 is 1.72 bits per heavy atom. The van der Waals surface area contributed by atoms with Crippen LogP contribution < -0.4 is 15.4 Å². The van der Waals surface area contributed by atoms with Crippen molar-refractivity contribution in [1.82, 2.24) is 15.6 Å². The number of carbonyl (C=O) groups is 2. The number of carbonyl (C=O) groups excluding carboxylic acids is 2. The fourth-order valence-corrected chi connectivity index (χ4v) is 2.46. The second-order valence-corrected chi connectivity index (χ2v) is 5.64. The molecule has 2 amide bonds. The number of hydrogen-bond donors (Lipinski definition) is 2. The van der Waals surface area contributed by atoms with Crippen molar-refractivity contribution in [1.29, 1.82) is 0 Å². The van der Waals surface area contributed by atoms with Crippen LogP contribution in [0.2, 0.25) is 0 Å². The molecule has 0 aliphatic rings. The number of rotatable bonds is 8. The Bertz CT molecular complexity index is 687. The average Bonchev–Trinajstić information content (AvgIpc) is 2.64. The van der Waals surface area contributed by atoms with E-state index < -0.39 is 0 Å². The zero-order chi connectivity index (χ0) is 18.1. The Labute approximate surface area is 147 Å². The van der Waals surface area contributed by atoms with Gasteiger partial charge in [-0.2, -0.15) is 0 Å². The normalized spacial score (nSPS) is 11.4. The van der Waals surface area contributed by atoms with E-state index >= 15 is 0 Å². The molecular weight excluding hydrogens is 318 g/mol. The lowest BCUT2D eigenvalue weighted by Crippen LogP contribution is -2.30. The summed E-state index contributed by atoms with van der Waals surface area (Å²) in [7, 11) is 1.62. The second kappa shape index (κ2) is 9.42. The lowest BCUT2D eigenvalue weighted by atomic mass is 9.99. The van der Waals surface area contributed by atoms with E-state index in [9.17, 15) is 9.59 Å². The van der Waals surface area contributed by atoms with Crippen molar-refractivity contribution >= 4 is 11.8 Å². The summed E-state index contributed by atoms with van der Waals surface area (Å²) in [6, 6.07) is 11.1. The maximum Gasteiger partial charge on any atom is 0.220 e. The summed E-state index contributed by atoms with van der Waals surface area (Å²) in [5.74, 6) is 0.607. The summed E-state index contributed by atoms with van der Waals surface area (Å²) in [6.45, 7) is 1.95. The van der Waals surface area contributed by atoms with E-state index in [0.29, 0.717) is 19.4 Å². The van der Waals surface area contributed by atoms with Crippen LogP contribution in [-0.4, -0.2) is 30.5 Å². The van der Waals surface area contributed by atoms with Crippen LogP contribution in [0.1, 0.15) is 36.9 Å². The first-order valence-electron chi connectivity index (χ1n) is 8.18. The third-order valence-corrected chi connectivity index (χ3v) is 3.75. The lowest BCUT2D eigenvalue weighted by Gasteiger charge is -2.20. The van der Waals surface area contributed by atoms with Gasteiger partial charge in [-0.25, -0.2) is 0 Å². The number of hydrogen-bond acceptors (Lipinski definition) is 4. The Hall–Kier alpha value is -2.89. The molecular formula is C19H23N3O3. The summed E-state index contributed by atoms with van der Waals surface area (Å²) in [5, 5.41) is 5.74. The van der Waals surface area contributed by atoms with Crippen LogP contribution >= 0.6 is 0 Å². The maximum absolute atomic E-state index is 12.3. The molecule has 2 rings (SSSR count). The van der Waals surface area contributed by atoms with Crippen LogP contribution in [0.4, 0.5) is 0 Å². The van der Waals surface area contributed by atoms with Gasteiger partial charge in [0.25, 0.3) is 0 Å². The summed E-state index contributed by atoms with van der Waals surface area (Å²) in [5.41, 5.74) is 1.91. The van der Waals surface area contributed by atoms with E-state index in [0.717, 1.165) is 16.9 Å². The molecule has 0 unspecified atom stereocenters. The van der Waals surface area contributed by atoms with Gasteiger partial charge in [0.05, 0.1) is 13.2 Å². The molecule has 0 aliphatic carbocycles. The molecule has 132 valence electrons. The molecule has 1 heterocycles. The van der Waals surface area contributed by atoms with Crippen LogP contribution in [0.5, 0.6) is 5.75 Å². The number of nitrogens with one attached hydrogen (secondary N) is 2. The van der Waals surface area contributed by atoms with Gasteiger partial charge in [0.1, 0.15) is 5.75 Å². The molecule has 1 atom stereocenters. The molecule has 1 aromatic carbocycles. The van der Waals surface area contributed by atoms with Gasteiger partial charge in [0, 0.05) is 32.3 Å². The van der Waals surface area contributed by atoms with E-state index in [1.165, 1.54) is 6.92 Å². The van der Waals surface area contributed by atoms with E-state index in [1.807, 2.05) is 36.4 Å². The number of pyridine rings is 1. The third kappa shape index (κ3) is 5.91. The zero-order valence-electron chi connectivity index (χ0n) is 14.5. The minimum atomic E-state index is -0.262. The standard InChI is InChI=1S/C19H23N3O3/c1-14(23)21-11-3-4-18(24)22-19(16-9-12-20-13-10-16)15-5-7-17(25-2)8-6-15/h5-10,12-13,19H,3-4,11H2,1-2H3,(H,21,23)(H,22,24)/t19-/m0/s1. The third-order valence-electron chi connectivity index (χ3n) is 3.75. The molecule has 0 aliphatic heterocycles. The predicted molar refractivity (Wildman–Crippen MR) is 95.1 cm³/mol. The average molecular weight is 341 g/mol. The Balaban J connectivity index is 2.07. The smallest absolute Gasteiger partial charge is 0.220 e. The van der Waals surface area contributed by atoms with E-state index in [1.54, 1.807) is 19.5 Å². The molecule has 6 nitrogen and oxygen atoms in total. The molecule has 1 aromatic heterocycles. The highest BCUT2D eigenvalue weighted by atomic mass is 16.5. The summed E-state index contributed by atoms with van der Waals surface area (Å²) >= 11 is 0. The van der Waals surface area contributed by atoms with Crippen LogP contribution in [0.3, 0.4) is 0 Å². The first kappa shape index (κ1) is 18.4. The zero-order valence-corrected chi connectivity index (χ0v) is 14.5. The predicted octanol–water partition coefficient (Wildman–Crippen LogP) is 2.21. The van der Waals surface area contributed by atoms with Crippen molar-refractivity contribution in [2.45, 2.75) is 25.8 Å². The number of nitrogens with zero attached hydrogens (tertiary/aromatic N) is 1. The van der Waals surface area contributed by atoms with Crippen molar-refractivity contribution in [2.24, 2.45) is 0 Å². The summed E-state index contributed by atoms with van der Waals surface area (Å²) in [4.78, 5) is 27.2. The fraction of sp³-hybridized carbons (Fsp3) is 0.316. The topological polar surface area (TPSA) is 80.3 Å². The van der Waals surface area contributed by atoms with Crippen LogP contribution in [0.15, 0.2) is 48.8 Å². The van der Waals surface area contributed by atoms with Gasteiger partial charge >= 0.3 is 0 Å². The molecule has 6 heteroatoms. The number of methoxy groups -OCH3 is 1. The minimum absolute atomic E-state index is 0.0667. The van der Waals surface area contributed by atoms with Gasteiger partial charge < -0.3 is 15.4 Å². The maximum atomic E-state index is 12.3. The van der Waals surface area contributed by atoms with E-state index in [4.69, 9.17) is 4.74 Å². The van der Waals surface area contributed by atoms with Crippen LogP contribution in [-0.2, 0) is 9.59 Å². The van der Waals surface area contributed by atoms with Crippen molar-refractivity contribution in [3.63, 3.8) is 0 Å². The highest BCUT2D eigenvalue weighted by Gasteiger charge is 2.16. The number of amides is 2. The number of ether oxygens (including phenoxy) is 1. The Morgan fingerprint density at radius 1 is 1.08 bits per heavy atom. The first-order chi connectivity index (χ1) is 12.1. The molecule has 0 spiro atoms. The van der Waals surface area contributed by atoms with Crippen molar-refractivity contribution in [2.75, 3.05) is 13.7 Å². The van der Waals surface area contributed by atoms with Crippen molar-refractivity contribution in [3.05, 3.63) is 59.9 Å². The summed E-state index contributed by atoms with van der Waals surface area (Å²) < 4.78 is 5.19. The largest absolute Gasteiger partial charge is 0.497 e. The quantitative estimate of drug-likeness (QED) is 0.722. The molecule has 0 saturated carbocycles. The van der Waals surface area contributed by atoms with Gasteiger partial charge in [-0.1, -0.05) is 12.1 Å². The highest BCUT2D eigenvalue weighted by molar-refractivity contribution is 5.77. The Morgan fingerprint density at radius 3 is 2.32 bits per heavy atom. The first-order valence-corrected chi connectivity index (χ1v) is 8.18. The monoisotopic (exact) mass is 341 g/mol. The van der Waals surface area contributed by atoms with Gasteiger partial charge in [-0.15, -0.1) is 0 Å². The van der Waals surface area contributed by atoms with Crippen molar-refractivity contribution in [3.8, 4) is 5.75 Å². The molecule has 0 saturated heterocycles. The molecule has 0 radical (unpaired) electrons. The second-order valence-electron chi connectivity index (χ2n) is 5.64. The fourth-order valence-electron chi connectivity index (χ4n) is 2.46. The van der Waals surface area contributed by atoms with E-state index in [2.05, 4.69) is 15.6 Å².